The van der Waals surface area contributed by atoms with Gasteiger partial charge in [-0.3, -0.25) is 4.79 Å². The minimum absolute atomic E-state index is 0.0628. The van der Waals surface area contributed by atoms with Gasteiger partial charge in [0.15, 0.2) is 0 Å². The summed E-state index contributed by atoms with van der Waals surface area (Å²) in [6.07, 6.45) is 0.388. The van der Waals surface area contributed by atoms with E-state index in [1.807, 2.05) is 39.0 Å². The predicted molar refractivity (Wildman–Crippen MR) is 70.3 cm³/mol. The van der Waals surface area contributed by atoms with E-state index in [1.54, 1.807) is 4.90 Å². The van der Waals surface area contributed by atoms with Crippen LogP contribution in [0.5, 0.6) is 0 Å². The number of hydrogen-bond acceptors (Lipinski definition) is 2. The Kier molecular flexibility index (Phi) is 2.92. The van der Waals surface area contributed by atoms with Gasteiger partial charge in [-0.1, -0.05) is 17.7 Å². The molecule has 0 aromatic heterocycles. The summed E-state index contributed by atoms with van der Waals surface area (Å²) >= 11 is 6.00. The van der Waals surface area contributed by atoms with Crippen LogP contribution in [0.4, 0.5) is 5.69 Å². The van der Waals surface area contributed by atoms with E-state index >= 15 is 0 Å². The largest absolute Gasteiger partial charge is 0.325 e. The van der Waals surface area contributed by atoms with Crippen LogP contribution in [0.25, 0.3) is 0 Å². The molecule has 1 heterocycles. The summed E-state index contributed by atoms with van der Waals surface area (Å²) in [5.41, 5.74) is 7.55. The maximum atomic E-state index is 12.1. The molecular formula is C13H17ClN2O. The number of rotatable bonds is 1. The lowest BCUT2D eigenvalue weighted by Gasteiger charge is -2.35. The van der Waals surface area contributed by atoms with Crippen molar-refractivity contribution in [2.24, 2.45) is 5.73 Å². The molecule has 1 amide bonds. The molecule has 1 saturated heterocycles. The van der Waals surface area contributed by atoms with Crippen molar-refractivity contribution in [2.45, 2.75) is 38.8 Å². The molecule has 2 N–H and O–H groups in total. The molecule has 1 aliphatic heterocycles. The summed E-state index contributed by atoms with van der Waals surface area (Å²) in [6.45, 7) is 5.95. The second kappa shape index (κ2) is 4.00. The lowest BCUT2D eigenvalue weighted by Crippen LogP contribution is -2.50. The quantitative estimate of drug-likeness (QED) is 0.835. The van der Waals surface area contributed by atoms with Crippen LogP contribution < -0.4 is 10.6 Å². The minimum Gasteiger partial charge on any atom is -0.325 e. The van der Waals surface area contributed by atoms with Crippen LogP contribution in [0.3, 0.4) is 0 Å². The van der Waals surface area contributed by atoms with Crippen LogP contribution in [0, 0.1) is 6.92 Å². The Bertz CT molecular complexity index is 470. The second-order valence-corrected chi connectivity index (χ2v) is 5.56. The van der Waals surface area contributed by atoms with Crippen molar-refractivity contribution in [1.29, 1.82) is 0 Å². The van der Waals surface area contributed by atoms with Crippen LogP contribution >= 0.6 is 11.6 Å². The van der Waals surface area contributed by atoms with Gasteiger partial charge in [-0.25, -0.2) is 0 Å². The number of aryl methyl sites for hydroxylation is 1. The number of anilines is 1. The second-order valence-electron chi connectivity index (χ2n) is 5.12. The summed E-state index contributed by atoms with van der Waals surface area (Å²) in [5.74, 6) is 0.0628. The van der Waals surface area contributed by atoms with Gasteiger partial charge in [-0.15, -0.1) is 0 Å². The van der Waals surface area contributed by atoms with E-state index in [0.717, 1.165) is 11.3 Å². The highest BCUT2D eigenvalue weighted by atomic mass is 35.5. The fraction of sp³-hybridized carbons (Fsp3) is 0.462. The Labute approximate surface area is 107 Å². The normalized spacial score (nSPS) is 23.2. The van der Waals surface area contributed by atoms with Gasteiger partial charge in [0, 0.05) is 23.2 Å². The zero-order valence-electron chi connectivity index (χ0n) is 10.3. The maximum absolute atomic E-state index is 12.1. The molecular weight excluding hydrogens is 236 g/mol. The van der Waals surface area contributed by atoms with Crippen molar-refractivity contribution in [3.8, 4) is 0 Å². The van der Waals surface area contributed by atoms with E-state index in [2.05, 4.69) is 0 Å². The highest BCUT2D eigenvalue weighted by Gasteiger charge is 2.45. The number of benzene rings is 1. The lowest BCUT2D eigenvalue weighted by molar-refractivity contribution is -0.117. The Morgan fingerprint density at radius 1 is 1.47 bits per heavy atom. The highest BCUT2D eigenvalue weighted by molar-refractivity contribution is 6.31. The molecule has 0 bridgehead atoms. The molecule has 1 unspecified atom stereocenters. The molecule has 0 spiro atoms. The van der Waals surface area contributed by atoms with Crippen LogP contribution in [-0.2, 0) is 4.79 Å². The molecule has 3 nitrogen and oxygen atoms in total. The van der Waals surface area contributed by atoms with Crippen molar-refractivity contribution in [2.75, 3.05) is 4.90 Å². The molecule has 0 aliphatic carbocycles. The van der Waals surface area contributed by atoms with E-state index in [1.165, 1.54) is 0 Å². The Morgan fingerprint density at radius 2 is 2.12 bits per heavy atom. The van der Waals surface area contributed by atoms with E-state index < -0.39 is 0 Å². The first-order valence-electron chi connectivity index (χ1n) is 5.69. The molecule has 1 atom stereocenters. The van der Waals surface area contributed by atoms with Crippen molar-refractivity contribution in [3.05, 3.63) is 28.8 Å². The predicted octanol–water partition coefficient (Wildman–Crippen LogP) is 2.49. The summed E-state index contributed by atoms with van der Waals surface area (Å²) in [5, 5.41) is 0.634. The van der Waals surface area contributed by atoms with Gasteiger partial charge in [0.05, 0.1) is 5.54 Å². The third-order valence-electron chi connectivity index (χ3n) is 3.54. The molecule has 17 heavy (non-hydrogen) atoms. The monoisotopic (exact) mass is 252 g/mol. The summed E-state index contributed by atoms with van der Waals surface area (Å²) in [4.78, 5) is 13.8. The summed E-state index contributed by atoms with van der Waals surface area (Å²) < 4.78 is 0. The molecule has 1 fully saturated rings. The van der Waals surface area contributed by atoms with Crippen molar-refractivity contribution in [1.82, 2.24) is 0 Å². The first-order valence-corrected chi connectivity index (χ1v) is 6.06. The van der Waals surface area contributed by atoms with Gasteiger partial charge in [0.25, 0.3) is 0 Å². The Hall–Kier alpha value is -1.06. The lowest BCUT2D eigenvalue weighted by atomic mass is 9.96. The van der Waals surface area contributed by atoms with Crippen LogP contribution in [0.2, 0.25) is 5.02 Å². The number of carbonyl (C=O) groups excluding carboxylic acids is 1. The third-order valence-corrected chi connectivity index (χ3v) is 3.77. The molecule has 1 aromatic rings. The highest BCUT2D eigenvalue weighted by Crippen LogP contribution is 2.36. The van der Waals surface area contributed by atoms with Crippen molar-refractivity contribution >= 4 is 23.2 Å². The van der Waals surface area contributed by atoms with Crippen LogP contribution in [0.1, 0.15) is 25.8 Å². The van der Waals surface area contributed by atoms with Crippen molar-refractivity contribution in [3.63, 3.8) is 0 Å². The zero-order valence-corrected chi connectivity index (χ0v) is 11.1. The average Bonchev–Trinajstić information content (AvgIpc) is 2.41. The van der Waals surface area contributed by atoms with Crippen LogP contribution in [-0.4, -0.2) is 17.5 Å². The van der Waals surface area contributed by atoms with E-state index in [9.17, 15) is 4.79 Å². The Balaban J connectivity index is 2.52. The van der Waals surface area contributed by atoms with Gasteiger partial charge >= 0.3 is 0 Å². The first-order chi connectivity index (χ1) is 7.84. The van der Waals surface area contributed by atoms with E-state index in [-0.39, 0.29) is 17.5 Å². The molecule has 92 valence electrons. The van der Waals surface area contributed by atoms with Gasteiger partial charge in [0.1, 0.15) is 0 Å². The van der Waals surface area contributed by atoms with E-state index in [0.29, 0.717) is 11.4 Å². The molecule has 0 radical (unpaired) electrons. The molecule has 2 rings (SSSR count). The molecule has 0 saturated carbocycles. The van der Waals surface area contributed by atoms with Gasteiger partial charge in [-0.05, 0) is 38.5 Å². The number of halogens is 1. The SMILES string of the molecule is Cc1ccc(Cl)cc1N1C(=O)CC(N)C1(C)C. The summed E-state index contributed by atoms with van der Waals surface area (Å²) in [6, 6.07) is 5.43. The minimum atomic E-state index is -0.369. The van der Waals surface area contributed by atoms with Crippen LogP contribution in [0.15, 0.2) is 18.2 Å². The number of carbonyl (C=O) groups is 1. The smallest absolute Gasteiger partial charge is 0.229 e. The Morgan fingerprint density at radius 3 is 2.65 bits per heavy atom. The molecule has 4 heteroatoms. The number of hydrogen-bond donors (Lipinski definition) is 1. The third kappa shape index (κ3) is 1.94. The first kappa shape index (κ1) is 12.4. The van der Waals surface area contributed by atoms with Gasteiger partial charge in [-0.2, -0.15) is 0 Å². The van der Waals surface area contributed by atoms with Gasteiger partial charge < -0.3 is 10.6 Å². The fourth-order valence-electron chi connectivity index (χ4n) is 2.28. The van der Waals surface area contributed by atoms with E-state index in [4.69, 9.17) is 17.3 Å². The van der Waals surface area contributed by atoms with Crippen molar-refractivity contribution < 1.29 is 4.79 Å². The fourth-order valence-corrected chi connectivity index (χ4v) is 2.45. The average molecular weight is 253 g/mol. The topological polar surface area (TPSA) is 46.3 Å². The standard InChI is InChI=1S/C13H17ClN2O/c1-8-4-5-9(14)6-10(8)16-12(17)7-11(15)13(16,2)3/h4-6,11H,7,15H2,1-3H3. The summed E-state index contributed by atoms with van der Waals surface area (Å²) in [7, 11) is 0. The number of nitrogens with two attached hydrogens (primary N) is 1. The molecule has 1 aromatic carbocycles. The van der Waals surface area contributed by atoms with Gasteiger partial charge in [0.2, 0.25) is 5.91 Å². The number of amides is 1. The molecule has 1 aliphatic rings. The maximum Gasteiger partial charge on any atom is 0.229 e. The number of nitrogens with zero attached hydrogens (tertiary/aromatic N) is 1. The zero-order chi connectivity index (χ0) is 12.8.